The van der Waals surface area contributed by atoms with Crippen molar-refractivity contribution in [2.45, 2.75) is 31.3 Å². The molecule has 1 aromatic carbocycles. The van der Waals surface area contributed by atoms with Gasteiger partial charge in [-0.1, -0.05) is 0 Å². The van der Waals surface area contributed by atoms with E-state index in [2.05, 4.69) is 10.3 Å². The largest absolute Gasteiger partial charge is 0.377 e. The van der Waals surface area contributed by atoms with E-state index >= 15 is 0 Å². The van der Waals surface area contributed by atoms with E-state index in [1.807, 2.05) is 18.4 Å². The van der Waals surface area contributed by atoms with Gasteiger partial charge in [0.2, 0.25) is 0 Å². The maximum absolute atomic E-state index is 13.8. The van der Waals surface area contributed by atoms with E-state index in [4.69, 9.17) is 0 Å². The second kappa shape index (κ2) is 5.85. The highest BCUT2D eigenvalue weighted by molar-refractivity contribution is 7.90. The van der Waals surface area contributed by atoms with Crippen molar-refractivity contribution >= 4 is 15.5 Å². The predicted molar refractivity (Wildman–Crippen MR) is 79.4 cm³/mol. The van der Waals surface area contributed by atoms with Gasteiger partial charge >= 0.3 is 0 Å². The molecule has 0 amide bonds. The van der Waals surface area contributed by atoms with Crippen molar-refractivity contribution in [3.63, 3.8) is 0 Å². The quantitative estimate of drug-likeness (QED) is 0.862. The van der Waals surface area contributed by atoms with Gasteiger partial charge in [0.05, 0.1) is 29.1 Å². The number of halogens is 1. The number of rotatable bonds is 5. The lowest BCUT2D eigenvalue weighted by atomic mass is 10.3. The molecule has 1 aromatic heterocycles. The number of nitrogens with zero attached hydrogens (tertiary/aromatic N) is 2. The summed E-state index contributed by atoms with van der Waals surface area (Å²) in [4.78, 5) is 4.16. The summed E-state index contributed by atoms with van der Waals surface area (Å²) in [6, 6.07) is 3.96. The minimum absolute atomic E-state index is 0.0868. The van der Waals surface area contributed by atoms with Crippen molar-refractivity contribution < 1.29 is 12.8 Å². The molecule has 0 atom stereocenters. The van der Waals surface area contributed by atoms with Crippen LogP contribution in [0.25, 0.3) is 0 Å². The van der Waals surface area contributed by atoms with Crippen LogP contribution >= 0.6 is 0 Å². The first-order valence-corrected chi connectivity index (χ1v) is 8.42. The highest BCUT2D eigenvalue weighted by atomic mass is 32.2. The van der Waals surface area contributed by atoms with Gasteiger partial charge in [-0.15, -0.1) is 0 Å². The van der Waals surface area contributed by atoms with E-state index in [0.717, 1.165) is 18.0 Å². The average Bonchev–Trinajstić information content (AvgIpc) is 2.85. The van der Waals surface area contributed by atoms with Gasteiger partial charge < -0.3 is 9.88 Å². The topological polar surface area (TPSA) is 64.0 Å². The lowest BCUT2D eigenvalue weighted by molar-refractivity contribution is 0.576. The average molecular weight is 311 g/mol. The van der Waals surface area contributed by atoms with Gasteiger partial charge in [-0.25, -0.2) is 17.8 Å². The smallest absolute Gasteiger partial charge is 0.175 e. The molecule has 0 aliphatic heterocycles. The molecule has 0 radical (unpaired) electrons. The highest BCUT2D eigenvalue weighted by Gasteiger charge is 2.12. The Morgan fingerprint density at radius 3 is 2.71 bits per heavy atom. The van der Waals surface area contributed by atoms with E-state index < -0.39 is 15.7 Å². The fraction of sp³-hybridized carbons (Fsp3) is 0.357. The zero-order chi connectivity index (χ0) is 15.6. The number of hydrogen-bond acceptors (Lipinski definition) is 4. The number of imidazole rings is 1. The van der Waals surface area contributed by atoms with Crippen molar-refractivity contribution in [1.29, 1.82) is 0 Å². The first-order valence-electron chi connectivity index (χ1n) is 6.53. The van der Waals surface area contributed by atoms with Crippen molar-refractivity contribution in [2.75, 3.05) is 11.6 Å². The van der Waals surface area contributed by atoms with Crippen LogP contribution in [0.5, 0.6) is 0 Å². The summed E-state index contributed by atoms with van der Waals surface area (Å²) in [5, 5.41) is 2.92. The molecule has 21 heavy (non-hydrogen) atoms. The van der Waals surface area contributed by atoms with Crippen molar-refractivity contribution in [3.8, 4) is 0 Å². The number of nitrogens with one attached hydrogen (secondary N) is 1. The molecule has 1 N–H and O–H groups in total. The first kappa shape index (κ1) is 15.5. The summed E-state index contributed by atoms with van der Waals surface area (Å²) in [5.74, 6) is -0.488. The van der Waals surface area contributed by atoms with Crippen molar-refractivity contribution in [2.24, 2.45) is 0 Å². The molecule has 2 aromatic rings. The molecule has 0 spiro atoms. The minimum atomic E-state index is -3.36. The predicted octanol–water partition coefficient (Wildman–Crippen LogP) is 2.62. The maximum atomic E-state index is 13.8. The highest BCUT2D eigenvalue weighted by Crippen LogP contribution is 2.20. The second-order valence-electron chi connectivity index (χ2n) is 5.15. The molecule has 0 unspecified atom stereocenters. The zero-order valence-electron chi connectivity index (χ0n) is 12.2. The number of hydrogen-bond donors (Lipinski definition) is 1. The molecule has 0 saturated heterocycles. The molecule has 2 rings (SSSR count). The van der Waals surface area contributed by atoms with Crippen LogP contribution in [0.3, 0.4) is 0 Å². The summed E-state index contributed by atoms with van der Waals surface area (Å²) in [6.45, 7) is 4.41. The van der Waals surface area contributed by atoms with Crippen LogP contribution in [0, 0.1) is 5.82 Å². The fourth-order valence-electron chi connectivity index (χ4n) is 1.99. The van der Waals surface area contributed by atoms with Crippen molar-refractivity contribution in [3.05, 3.63) is 42.2 Å². The monoisotopic (exact) mass is 311 g/mol. The van der Waals surface area contributed by atoms with Crippen LogP contribution in [0.15, 0.2) is 35.6 Å². The van der Waals surface area contributed by atoms with Gasteiger partial charge in [-0.05, 0) is 32.0 Å². The standard InChI is InChI=1S/C14H18FN3O2S/c1-10(2)18-9-16-7-11(18)8-17-14-6-12(21(3,19)20)4-5-13(14)15/h4-7,9-10,17H,8H2,1-3H3. The summed E-state index contributed by atoms with van der Waals surface area (Å²) < 4.78 is 38.7. The Hall–Kier alpha value is -1.89. The summed E-state index contributed by atoms with van der Waals surface area (Å²) in [7, 11) is -3.36. The lowest BCUT2D eigenvalue weighted by Crippen LogP contribution is -2.10. The molecular formula is C14H18FN3O2S. The zero-order valence-corrected chi connectivity index (χ0v) is 13.0. The SMILES string of the molecule is CC(C)n1cncc1CNc1cc(S(C)(=O)=O)ccc1F. The number of anilines is 1. The Morgan fingerprint density at radius 1 is 1.38 bits per heavy atom. The molecule has 1 heterocycles. The molecule has 5 nitrogen and oxygen atoms in total. The maximum Gasteiger partial charge on any atom is 0.175 e. The second-order valence-corrected chi connectivity index (χ2v) is 7.17. The van der Waals surface area contributed by atoms with E-state index in [1.54, 1.807) is 12.5 Å². The van der Waals surface area contributed by atoms with Gasteiger partial charge in [-0.3, -0.25) is 0 Å². The normalized spacial score (nSPS) is 11.9. The number of sulfone groups is 1. The number of aromatic nitrogens is 2. The molecule has 0 fully saturated rings. The fourth-order valence-corrected chi connectivity index (χ4v) is 2.64. The Labute approximate surface area is 123 Å². The Balaban J connectivity index is 2.22. The molecule has 7 heteroatoms. The van der Waals surface area contributed by atoms with E-state index in [9.17, 15) is 12.8 Å². The minimum Gasteiger partial charge on any atom is -0.377 e. The van der Waals surface area contributed by atoms with Crippen LogP contribution in [-0.4, -0.2) is 24.2 Å². The van der Waals surface area contributed by atoms with Crippen LogP contribution in [0.4, 0.5) is 10.1 Å². The summed E-state index contributed by atoms with van der Waals surface area (Å²) in [5.41, 5.74) is 1.06. The molecular weight excluding hydrogens is 293 g/mol. The third-order valence-electron chi connectivity index (χ3n) is 3.13. The van der Waals surface area contributed by atoms with Gasteiger partial charge in [0, 0.05) is 18.5 Å². The van der Waals surface area contributed by atoms with E-state index in [1.165, 1.54) is 12.1 Å². The van der Waals surface area contributed by atoms with E-state index in [0.29, 0.717) is 6.54 Å². The summed E-state index contributed by atoms with van der Waals surface area (Å²) in [6.07, 6.45) is 4.51. The molecule has 0 bridgehead atoms. The molecule has 114 valence electrons. The van der Waals surface area contributed by atoms with Gasteiger partial charge in [0.1, 0.15) is 5.82 Å². The number of benzene rings is 1. The third kappa shape index (κ3) is 3.60. The molecule has 0 aliphatic rings. The summed E-state index contributed by atoms with van der Waals surface area (Å²) >= 11 is 0. The van der Waals surface area contributed by atoms with E-state index in [-0.39, 0.29) is 16.6 Å². The van der Waals surface area contributed by atoms with Crippen molar-refractivity contribution in [1.82, 2.24) is 9.55 Å². The van der Waals surface area contributed by atoms with Gasteiger partial charge in [0.15, 0.2) is 9.84 Å². The van der Waals surface area contributed by atoms with Gasteiger partial charge in [-0.2, -0.15) is 0 Å². The molecule has 0 saturated carbocycles. The Morgan fingerprint density at radius 2 is 2.10 bits per heavy atom. The Kier molecular flexibility index (Phi) is 4.32. The van der Waals surface area contributed by atoms with Crippen LogP contribution in [-0.2, 0) is 16.4 Å². The first-order chi connectivity index (χ1) is 9.79. The molecule has 0 aliphatic carbocycles. The van der Waals surface area contributed by atoms with Crippen LogP contribution in [0.2, 0.25) is 0 Å². The third-order valence-corrected chi connectivity index (χ3v) is 4.24. The van der Waals surface area contributed by atoms with Crippen LogP contribution in [0.1, 0.15) is 25.6 Å². The van der Waals surface area contributed by atoms with Gasteiger partial charge in [0.25, 0.3) is 0 Å². The Bertz CT molecular complexity index is 738. The lowest BCUT2D eigenvalue weighted by Gasteiger charge is -2.13. The van der Waals surface area contributed by atoms with Crippen LogP contribution < -0.4 is 5.32 Å².